The molecule has 2 nitrogen and oxygen atoms in total. The summed E-state index contributed by atoms with van der Waals surface area (Å²) in [5.74, 6) is 0.0706. The van der Waals surface area contributed by atoms with Crippen molar-refractivity contribution in [3.8, 4) is 0 Å². The quantitative estimate of drug-likeness (QED) is 0.548. The number of anilines is 1. The molecule has 2 aromatic carbocycles. The first-order valence-electron chi connectivity index (χ1n) is 4.48. The number of hydrogen-bond acceptors (Lipinski definition) is 2. The summed E-state index contributed by atoms with van der Waals surface area (Å²) in [6, 6.07) is 11.2. The van der Waals surface area contributed by atoms with Gasteiger partial charge in [-0.25, -0.2) is 0 Å². The molecule has 14 heavy (non-hydrogen) atoms. The summed E-state index contributed by atoms with van der Waals surface area (Å²) in [5, 5.41) is 1.88. The maximum atomic E-state index is 11.3. The minimum absolute atomic E-state index is 0.0706. The van der Waals surface area contributed by atoms with Gasteiger partial charge in [-0.2, -0.15) is 0 Å². The Hall–Kier alpha value is -1.83. The van der Waals surface area contributed by atoms with E-state index in [0.29, 0.717) is 5.69 Å². The number of hydrogen-bond donors (Lipinski definition) is 1. The third kappa shape index (κ3) is 1.25. The zero-order valence-corrected chi connectivity index (χ0v) is 7.95. The van der Waals surface area contributed by atoms with Crippen LogP contribution in [0.5, 0.6) is 0 Å². The van der Waals surface area contributed by atoms with Gasteiger partial charge in [-0.05, 0) is 24.4 Å². The summed E-state index contributed by atoms with van der Waals surface area (Å²) >= 11 is 0. The van der Waals surface area contributed by atoms with Crippen LogP contribution in [0.2, 0.25) is 0 Å². The average Bonchev–Trinajstić information content (AvgIpc) is 2.18. The van der Waals surface area contributed by atoms with Crippen molar-refractivity contribution in [2.24, 2.45) is 0 Å². The summed E-state index contributed by atoms with van der Waals surface area (Å²) in [6.07, 6.45) is 0. The Labute approximate surface area is 82.3 Å². The first-order chi connectivity index (χ1) is 6.70. The van der Waals surface area contributed by atoms with Gasteiger partial charge in [-0.15, -0.1) is 0 Å². The monoisotopic (exact) mass is 185 g/mol. The zero-order chi connectivity index (χ0) is 10.1. The summed E-state index contributed by atoms with van der Waals surface area (Å²) in [7, 11) is 0. The number of benzene rings is 2. The van der Waals surface area contributed by atoms with E-state index in [4.69, 9.17) is 5.73 Å². The number of ketones is 1. The lowest BCUT2D eigenvalue weighted by Crippen LogP contribution is -1.96. The Morgan fingerprint density at radius 2 is 1.71 bits per heavy atom. The van der Waals surface area contributed by atoms with Gasteiger partial charge in [0, 0.05) is 16.6 Å². The Morgan fingerprint density at radius 3 is 2.36 bits per heavy atom. The van der Waals surface area contributed by atoms with Crippen LogP contribution < -0.4 is 5.73 Å². The number of carbonyl (C=O) groups excluding carboxylic acids is 1. The van der Waals surface area contributed by atoms with Crippen molar-refractivity contribution in [2.75, 3.05) is 5.73 Å². The lowest BCUT2D eigenvalue weighted by atomic mass is 10.0. The van der Waals surface area contributed by atoms with Crippen LogP contribution in [0.4, 0.5) is 5.69 Å². The molecule has 2 aromatic rings. The Morgan fingerprint density at radius 1 is 1.07 bits per heavy atom. The van der Waals surface area contributed by atoms with Gasteiger partial charge in [0.25, 0.3) is 0 Å². The number of nitrogen functional groups attached to an aromatic ring is 1. The van der Waals surface area contributed by atoms with Crippen molar-refractivity contribution in [1.82, 2.24) is 0 Å². The minimum atomic E-state index is 0.0706. The second kappa shape index (κ2) is 3.14. The zero-order valence-electron chi connectivity index (χ0n) is 7.95. The second-order valence-electron chi connectivity index (χ2n) is 3.30. The van der Waals surface area contributed by atoms with Crippen LogP contribution >= 0.6 is 0 Å². The number of carbonyl (C=O) groups is 1. The van der Waals surface area contributed by atoms with Gasteiger partial charge in [-0.1, -0.05) is 24.3 Å². The lowest BCUT2D eigenvalue weighted by Gasteiger charge is -2.05. The van der Waals surface area contributed by atoms with E-state index in [2.05, 4.69) is 0 Å². The molecule has 0 aliphatic carbocycles. The lowest BCUT2D eigenvalue weighted by molar-refractivity contribution is 0.101. The molecule has 0 amide bonds. The van der Waals surface area contributed by atoms with E-state index in [-0.39, 0.29) is 5.78 Å². The third-order valence-corrected chi connectivity index (χ3v) is 2.34. The van der Waals surface area contributed by atoms with Gasteiger partial charge in [-0.3, -0.25) is 4.79 Å². The van der Waals surface area contributed by atoms with Crippen molar-refractivity contribution in [3.63, 3.8) is 0 Å². The van der Waals surface area contributed by atoms with Crippen molar-refractivity contribution in [1.29, 1.82) is 0 Å². The fourth-order valence-corrected chi connectivity index (χ4v) is 1.63. The molecule has 0 aliphatic heterocycles. The van der Waals surface area contributed by atoms with Crippen molar-refractivity contribution in [3.05, 3.63) is 42.0 Å². The predicted octanol–water partition coefficient (Wildman–Crippen LogP) is 2.62. The molecule has 0 heterocycles. The molecule has 0 saturated heterocycles. The number of Topliss-reactive ketones (excluding diaryl/α,β-unsaturated/α-hetero) is 1. The van der Waals surface area contributed by atoms with E-state index in [9.17, 15) is 4.79 Å². The van der Waals surface area contributed by atoms with Crippen LogP contribution in [-0.2, 0) is 0 Å². The fraction of sp³-hybridized carbons (Fsp3) is 0.0833. The first kappa shape index (κ1) is 8.75. The molecule has 0 atom stereocenters. The molecule has 2 rings (SSSR count). The van der Waals surface area contributed by atoms with Crippen LogP contribution in [0.15, 0.2) is 36.4 Å². The standard InChI is InChI=1S/C12H11NO/c1-8(14)9-6-7-12(13)11-5-3-2-4-10(9)11/h2-7H,13H2,1H3. The molecule has 0 unspecified atom stereocenters. The molecular formula is C12H11NO. The van der Waals surface area contributed by atoms with Crippen LogP contribution in [0.25, 0.3) is 10.8 Å². The van der Waals surface area contributed by atoms with Crippen LogP contribution in [0.3, 0.4) is 0 Å². The summed E-state index contributed by atoms with van der Waals surface area (Å²) in [4.78, 5) is 11.3. The van der Waals surface area contributed by atoms with E-state index in [0.717, 1.165) is 16.3 Å². The van der Waals surface area contributed by atoms with Crippen molar-refractivity contribution < 1.29 is 4.79 Å². The van der Waals surface area contributed by atoms with Gasteiger partial charge < -0.3 is 5.73 Å². The van der Waals surface area contributed by atoms with Crippen LogP contribution in [0, 0.1) is 0 Å². The van der Waals surface area contributed by atoms with E-state index in [1.165, 1.54) is 0 Å². The van der Waals surface area contributed by atoms with Gasteiger partial charge >= 0.3 is 0 Å². The molecular weight excluding hydrogens is 174 g/mol. The second-order valence-corrected chi connectivity index (χ2v) is 3.30. The third-order valence-electron chi connectivity index (χ3n) is 2.34. The van der Waals surface area contributed by atoms with Gasteiger partial charge in [0.05, 0.1) is 0 Å². The molecule has 0 spiro atoms. The Bertz CT molecular complexity index is 503. The SMILES string of the molecule is CC(=O)c1ccc(N)c2ccccc12. The maximum Gasteiger partial charge on any atom is 0.160 e. The molecule has 2 N–H and O–H groups in total. The Kier molecular flexibility index (Phi) is 1.97. The first-order valence-corrected chi connectivity index (χ1v) is 4.48. The van der Waals surface area contributed by atoms with Gasteiger partial charge in [0.1, 0.15) is 0 Å². The highest BCUT2D eigenvalue weighted by molar-refractivity contribution is 6.09. The van der Waals surface area contributed by atoms with Crippen LogP contribution in [0.1, 0.15) is 17.3 Å². The normalized spacial score (nSPS) is 10.4. The average molecular weight is 185 g/mol. The molecule has 2 heteroatoms. The summed E-state index contributed by atoms with van der Waals surface area (Å²) in [5.41, 5.74) is 7.26. The summed E-state index contributed by atoms with van der Waals surface area (Å²) < 4.78 is 0. The smallest absolute Gasteiger partial charge is 0.160 e. The van der Waals surface area contributed by atoms with E-state index < -0.39 is 0 Å². The Balaban J connectivity index is 2.88. The van der Waals surface area contributed by atoms with E-state index in [1.807, 2.05) is 24.3 Å². The van der Waals surface area contributed by atoms with Crippen molar-refractivity contribution >= 4 is 22.2 Å². The molecule has 0 aromatic heterocycles. The van der Waals surface area contributed by atoms with Gasteiger partial charge in [0.2, 0.25) is 0 Å². The predicted molar refractivity (Wildman–Crippen MR) is 58.4 cm³/mol. The van der Waals surface area contributed by atoms with Crippen molar-refractivity contribution in [2.45, 2.75) is 6.92 Å². The molecule has 0 radical (unpaired) electrons. The molecule has 0 saturated carbocycles. The van der Waals surface area contributed by atoms with Gasteiger partial charge in [0.15, 0.2) is 5.78 Å². The molecule has 0 aliphatic rings. The highest BCUT2D eigenvalue weighted by Crippen LogP contribution is 2.24. The van der Waals surface area contributed by atoms with E-state index in [1.54, 1.807) is 19.1 Å². The molecule has 0 fully saturated rings. The summed E-state index contributed by atoms with van der Waals surface area (Å²) in [6.45, 7) is 1.57. The maximum absolute atomic E-state index is 11.3. The number of rotatable bonds is 1. The highest BCUT2D eigenvalue weighted by atomic mass is 16.1. The minimum Gasteiger partial charge on any atom is -0.398 e. The number of nitrogens with two attached hydrogens (primary N) is 1. The van der Waals surface area contributed by atoms with Crippen LogP contribution in [-0.4, -0.2) is 5.78 Å². The molecule has 0 bridgehead atoms. The molecule has 70 valence electrons. The highest BCUT2D eigenvalue weighted by Gasteiger charge is 2.06. The number of fused-ring (bicyclic) bond motifs is 1. The topological polar surface area (TPSA) is 43.1 Å². The van der Waals surface area contributed by atoms with E-state index >= 15 is 0 Å². The largest absolute Gasteiger partial charge is 0.398 e. The fourth-order valence-electron chi connectivity index (χ4n) is 1.63.